The summed E-state index contributed by atoms with van der Waals surface area (Å²) < 4.78 is 4.93. The molecule has 3 N–H and O–H groups in total. The molecule has 0 radical (unpaired) electrons. The molecule has 1 aliphatic carbocycles. The van der Waals surface area contributed by atoms with E-state index in [9.17, 15) is 24.3 Å². The molecule has 10 heteroatoms. The molecule has 8 nitrogen and oxygen atoms in total. The minimum absolute atomic E-state index is 0.141. The fourth-order valence-corrected chi connectivity index (χ4v) is 5.27. The molecule has 40 heavy (non-hydrogen) atoms. The Morgan fingerprint density at radius 3 is 2.27 bits per heavy atom. The van der Waals surface area contributed by atoms with Crippen LogP contribution in [0.5, 0.6) is 0 Å². The first-order valence-corrected chi connectivity index (χ1v) is 13.2. The van der Waals surface area contributed by atoms with Crippen molar-refractivity contribution >= 4 is 58.2 Å². The minimum Gasteiger partial charge on any atom is -0.478 e. The molecule has 3 aromatic rings. The van der Waals surface area contributed by atoms with Crippen LogP contribution < -0.4 is 10.6 Å². The molecule has 0 spiro atoms. The number of ether oxygens (including phenoxy) is 1. The Kier molecular flexibility index (Phi) is 9.24. The van der Waals surface area contributed by atoms with Gasteiger partial charge in [0.05, 0.1) is 22.7 Å². The van der Waals surface area contributed by atoms with Crippen molar-refractivity contribution in [1.29, 1.82) is 0 Å². The molecular weight excluding hydrogens is 555 g/mol. The Morgan fingerprint density at radius 1 is 0.950 bits per heavy atom. The van der Waals surface area contributed by atoms with Gasteiger partial charge in [0, 0.05) is 23.7 Å². The lowest BCUT2D eigenvalue weighted by Crippen LogP contribution is -2.43. The van der Waals surface area contributed by atoms with E-state index in [0.717, 1.165) is 11.1 Å². The number of carbonyl (C=O) groups is 4. The number of allylic oxidation sites excluding steroid dienone is 1. The number of halogens is 2. The Hall–Kier alpha value is -4.14. The van der Waals surface area contributed by atoms with Crippen molar-refractivity contribution in [2.45, 2.75) is 31.7 Å². The summed E-state index contributed by atoms with van der Waals surface area (Å²) in [5.41, 5.74) is 3.90. The molecule has 3 aromatic carbocycles. The van der Waals surface area contributed by atoms with Crippen LogP contribution in [0.1, 0.15) is 50.2 Å². The number of benzene rings is 3. The molecular formula is C30H26Cl2N2O6. The first kappa shape index (κ1) is 28.9. The van der Waals surface area contributed by atoms with Crippen LogP contribution in [-0.2, 0) is 27.2 Å². The zero-order valence-electron chi connectivity index (χ0n) is 21.5. The van der Waals surface area contributed by atoms with Crippen LogP contribution in [0.4, 0.5) is 5.69 Å². The van der Waals surface area contributed by atoms with Gasteiger partial charge < -0.3 is 20.5 Å². The Bertz CT molecular complexity index is 1480. The maximum absolute atomic E-state index is 13.3. The van der Waals surface area contributed by atoms with Crippen LogP contribution in [0.3, 0.4) is 0 Å². The Balaban J connectivity index is 1.49. The number of hydrogen-bond acceptors (Lipinski definition) is 5. The third kappa shape index (κ3) is 6.70. The number of hydrogen-bond donors (Lipinski definition) is 3. The molecule has 0 bridgehead atoms. The molecule has 0 saturated carbocycles. The SMILES string of the molecule is COC(=O)[C@H](Cc1ccc(NC(=O)c2c(Cl)cccc2Cl)cc1)NC(=O)c1cccc2c1CCC/C2=C/C(=O)O. The van der Waals surface area contributed by atoms with Crippen LogP contribution in [0.25, 0.3) is 5.57 Å². The van der Waals surface area contributed by atoms with Gasteiger partial charge in [-0.15, -0.1) is 0 Å². The molecule has 0 aliphatic heterocycles. The van der Waals surface area contributed by atoms with Crippen molar-refractivity contribution in [2.75, 3.05) is 12.4 Å². The van der Waals surface area contributed by atoms with Gasteiger partial charge in [0.1, 0.15) is 6.04 Å². The topological polar surface area (TPSA) is 122 Å². The van der Waals surface area contributed by atoms with Crippen LogP contribution in [0, 0.1) is 0 Å². The third-order valence-electron chi connectivity index (χ3n) is 6.57. The normalized spacial score (nSPS) is 14.1. The molecule has 206 valence electrons. The first-order chi connectivity index (χ1) is 19.2. The van der Waals surface area contributed by atoms with Gasteiger partial charge in [0.25, 0.3) is 11.8 Å². The zero-order chi connectivity index (χ0) is 28.8. The van der Waals surface area contributed by atoms with Crippen LogP contribution in [-0.4, -0.2) is 42.0 Å². The number of amides is 2. The van der Waals surface area contributed by atoms with Crippen molar-refractivity contribution in [3.63, 3.8) is 0 Å². The van der Waals surface area contributed by atoms with E-state index < -0.39 is 29.8 Å². The maximum Gasteiger partial charge on any atom is 0.328 e. The highest BCUT2D eigenvalue weighted by atomic mass is 35.5. The number of carboxylic acids is 1. The minimum atomic E-state index is -1.04. The second-order valence-electron chi connectivity index (χ2n) is 9.19. The molecule has 2 amide bonds. The zero-order valence-corrected chi connectivity index (χ0v) is 23.0. The average Bonchev–Trinajstić information content (AvgIpc) is 2.92. The van der Waals surface area contributed by atoms with Crippen LogP contribution in [0.15, 0.2) is 66.7 Å². The van der Waals surface area contributed by atoms with Crippen molar-refractivity contribution in [3.05, 3.63) is 105 Å². The Labute approximate surface area is 240 Å². The summed E-state index contributed by atoms with van der Waals surface area (Å²) in [7, 11) is 1.24. The lowest BCUT2D eigenvalue weighted by molar-refractivity contribution is -0.142. The van der Waals surface area contributed by atoms with Gasteiger partial charge >= 0.3 is 11.9 Å². The molecule has 0 fully saturated rings. The highest BCUT2D eigenvalue weighted by molar-refractivity contribution is 6.40. The summed E-state index contributed by atoms with van der Waals surface area (Å²) in [4.78, 5) is 49.8. The van der Waals surface area contributed by atoms with Gasteiger partial charge in [-0.1, -0.05) is 53.5 Å². The van der Waals surface area contributed by atoms with Crippen molar-refractivity contribution in [2.24, 2.45) is 0 Å². The monoisotopic (exact) mass is 580 g/mol. The van der Waals surface area contributed by atoms with Gasteiger partial charge in [-0.3, -0.25) is 9.59 Å². The van der Waals surface area contributed by atoms with Gasteiger partial charge in [-0.2, -0.15) is 0 Å². The Morgan fingerprint density at radius 2 is 1.62 bits per heavy atom. The standard InChI is InChI=1S/C30H26Cl2N2O6/c1-40-30(39)25(34-28(37)22-8-3-6-20-18(16-26(35)36)5-2-7-21(20)22)15-17-11-13-19(14-12-17)33-29(38)27-23(31)9-4-10-24(27)32/h3-4,6,8-14,16,25H,2,5,7,15H2,1H3,(H,33,38)(H,34,37)(H,35,36)/b18-16-/t25-/m0/s1. The number of anilines is 1. The van der Waals surface area contributed by atoms with E-state index in [2.05, 4.69) is 10.6 Å². The molecule has 4 rings (SSSR count). The molecule has 1 aliphatic rings. The lowest BCUT2D eigenvalue weighted by atomic mass is 9.84. The van der Waals surface area contributed by atoms with Crippen LogP contribution >= 0.6 is 23.2 Å². The number of rotatable bonds is 8. The average molecular weight is 581 g/mol. The van der Waals surface area contributed by atoms with Gasteiger partial charge in [0.15, 0.2) is 0 Å². The predicted octanol–water partition coefficient (Wildman–Crippen LogP) is 5.56. The molecule has 0 aromatic heterocycles. The number of esters is 1. The van der Waals surface area contributed by atoms with E-state index in [4.69, 9.17) is 27.9 Å². The number of carboxylic acid groups (broad SMARTS) is 1. The molecule has 0 heterocycles. The summed E-state index contributed by atoms with van der Waals surface area (Å²) in [6.07, 6.45) is 3.25. The second-order valence-corrected chi connectivity index (χ2v) is 10.0. The van der Waals surface area contributed by atoms with E-state index in [-0.39, 0.29) is 22.0 Å². The van der Waals surface area contributed by atoms with Crippen molar-refractivity contribution in [3.8, 4) is 0 Å². The largest absolute Gasteiger partial charge is 0.478 e. The number of carbonyl (C=O) groups excluding carboxylic acids is 3. The smallest absolute Gasteiger partial charge is 0.328 e. The summed E-state index contributed by atoms with van der Waals surface area (Å²) in [6, 6.07) is 15.8. The highest BCUT2D eigenvalue weighted by Crippen LogP contribution is 2.33. The van der Waals surface area contributed by atoms with Gasteiger partial charge in [-0.25, -0.2) is 9.59 Å². The number of methoxy groups -OCH3 is 1. The number of nitrogens with one attached hydrogen (secondary N) is 2. The number of aliphatic carboxylic acids is 1. The van der Waals surface area contributed by atoms with E-state index in [1.807, 2.05) is 0 Å². The van der Waals surface area contributed by atoms with E-state index in [0.29, 0.717) is 41.6 Å². The fourth-order valence-electron chi connectivity index (χ4n) is 4.70. The van der Waals surface area contributed by atoms with Gasteiger partial charge in [-0.05, 0) is 71.9 Å². The first-order valence-electron chi connectivity index (χ1n) is 12.5. The summed E-state index contributed by atoms with van der Waals surface area (Å²) in [5, 5.41) is 15.2. The fraction of sp³-hybridized carbons (Fsp3) is 0.200. The quantitative estimate of drug-likeness (QED) is 0.237. The molecule has 0 saturated heterocycles. The van der Waals surface area contributed by atoms with Crippen molar-refractivity contribution in [1.82, 2.24) is 5.32 Å². The predicted molar refractivity (Wildman–Crippen MR) is 153 cm³/mol. The third-order valence-corrected chi connectivity index (χ3v) is 7.20. The van der Waals surface area contributed by atoms with Gasteiger partial charge in [0.2, 0.25) is 0 Å². The number of fused-ring (bicyclic) bond motifs is 1. The maximum atomic E-state index is 13.3. The summed E-state index contributed by atoms with van der Waals surface area (Å²) in [5.74, 6) is -2.57. The molecule has 0 unspecified atom stereocenters. The highest BCUT2D eigenvalue weighted by Gasteiger charge is 2.26. The van der Waals surface area contributed by atoms with E-state index in [1.165, 1.54) is 13.2 Å². The lowest BCUT2D eigenvalue weighted by Gasteiger charge is -2.23. The summed E-state index contributed by atoms with van der Waals surface area (Å²) in [6.45, 7) is 0. The summed E-state index contributed by atoms with van der Waals surface area (Å²) >= 11 is 12.2. The molecule has 1 atom stereocenters. The second kappa shape index (κ2) is 12.8. The van der Waals surface area contributed by atoms with Crippen LogP contribution in [0.2, 0.25) is 10.0 Å². The van der Waals surface area contributed by atoms with E-state index >= 15 is 0 Å². The van der Waals surface area contributed by atoms with Crippen molar-refractivity contribution < 1.29 is 29.0 Å². The van der Waals surface area contributed by atoms with E-state index in [1.54, 1.807) is 60.7 Å².